The number of benzene rings is 2. The summed E-state index contributed by atoms with van der Waals surface area (Å²) in [6.07, 6.45) is -6.80. The lowest BCUT2D eigenvalue weighted by molar-refractivity contribution is -0.193. The van der Waals surface area contributed by atoms with Gasteiger partial charge in [0.15, 0.2) is 0 Å². The molecule has 0 radical (unpaired) electrons. The van der Waals surface area contributed by atoms with Crippen molar-refractivity contribution in [1.29, 1.82) is 0 Å². The largest absolute Gasteiger partial charge is 0.493 e. The van der Waals surface area contributed by atoms with Crippen molar-refractivity contribution in [2.24, 2.45) is 11.3 Å². The van der Waals surface area contributed by atoms with Crippen LogP contribution in [0.1, 0.15) is 49.2 Å². The maximum absolute atomic E-state index is 13.2. The number of piperidine rings is 1. The number of likely N-dealkylation sites (tertiary alicyclic amines) is 2. The Hall–Kier alpha value is -4.40. The number of aliphatic carboxylic acids is 2. The second-order valence-corrected chi connectivity index (χ2v) is 12.1. The monoisotopic (exact) mass is 685 g/mol. The summed E-state index contributed by atoms with van der Waals surface area (Å²) in [7, 11) is 0. The van der Waals surface area contributed by atoms with Crippen LogP contribution in [-0.2, 0) is 16.1 Å². The zero-order valence-electron chi connectivity index (χ0n) is 26.4. The van der Waals surface area contributed by atoms with Gasteiger partial charge >= 0.3 is 24.3 Å². The smallest absolute Gasteiger partial charge is 0.490 e. The molecule has 262 valence electrons. The number of para-hydroxylation sites is 2. The van der Waals surface area contributed by atoms with E-state index < -0.39 is 24.3 Å². The summed E-state index contributed by atoms with van der Waals surface area (Å²) < 4.78 is 69.5. The number of hydrogen-bond acceptors (Lipinski definition) is 6. The number of hydrogen-bond donors (Lipinski definition) is 2. The van der Waals surface area contributed by atoms with Gasteiger partial charge in [0.1, 0.15) is 11.4 Å². The predicted molar refractivity (Wildman–Crippen MR) is 163 cm³/mol. The van der Waals surface area contributed by atoms with E-state index in [9.17, 15) is 31.1 Å². The van der Waals surface area contributed by atoms with E-state index in [1.54, 1.807) is 0 Å². The van der Waals surface area contributed by atoms with Crippen molar-refractivity contribution in [3.8, 4) is 5.75 Å². The molecule has 2 N–H and O–H groups in total. The fourth-order valence-electron chi connectivity index (χ4n) is 5.32. The van der Waals surface area contributed by atoms with Gasteiger partial charge in [0, 0.05) is 30.6 Å². The highest BCUT2D eigenvalue weighted by molar-refractivity contribution is 5.95. The van der Waals surface area contributed by atoms with Gasteiger partial charge in [0.05, 0.1) is 12.1 Å². The lowest BCUT2D eigenvalue weighted by atomic mass is 9.77. The molecule has 3 aromatic rings. The topological polar surface area (TPSA) is 120 Å². The van der Waals surface area contributed by atoms with E-state index in [-0.39, 0.29) is 11.3 Å². The van der Waals surface area contributed by atoms with Crippen LogP contribution in [0.15, 0.2) is 60.7 Å². The van der Waals surface area contributed by atoms with E-state index in [0.29, 0.717) is 11.6 Å². The molecule has 2 aliphatic rings. The summed E-state index contributed by atoms with van der Waals surface area (Å²) in [6.45, 7) is 9.84. The molecule has 15 heteroatoms. The third-order valence-corrected chi connectivity index (χ3v) is 7.88. The molecule has 9 nitrogen and oxygen atoms in total. The van der Waals surface area contributed by atoms with Gasteiger partial charge in [-0.1, -0.05) is 56.3 Å². The average molecular weight is 686 g/mol. The minimum Gasteiger partial charge on any atom is -0.493 e. The number of carbonyl (C=O) groups is 3. The van der Waals surface area contributed by atoms with Crippen molar-refractivity contribution in [1.82, 2.24) is 14.8 Å². The Morgan fingerprint density at radius 1 is 0.833 bits per heavy atom. The van der Waals surface area contributed by atoms with Crippen LogP contribution in [0.2, 0.25) is 0 Å². The minimum absolute atomic E-state index is 0.0706. The molecular weight excluding hydrogens is 648 g/mol. The molecule has 0 saturated carbocycles. The van der Waals surface area contributed by atoms with Crippen LogP contribution < -0.4 is 4.74 Å². The normalized spacial score (nSPS) is 16.1. The van der Waals surface area contributed by atoms with Crippen LogP contribution in [0, 0.1) is 11.3 Å². The summed E-state index contributed by atoms with van der Waals surface area (Å²) in [4.78, 5) is 40.2. The van der Waals surface area contributed by atoms with Crippen LogP contribution in [-0.4, -0.2) is 88.0 Å². The molecule has 2 aromatic carbocycles. The van der Waals surface area contributed by atoms with Crippen molar-refractivity contribution in [2.75, 3.05) is 32.8 Å². The number of carboxylic acid groups (broad SMARTS) is 2. The maximum atomic E-state index is 13.2. The molecule has 3 heterocycles. The van der Waals surface area contributed by atoms with Gasteiger partial charge in [-0.05, 0) is 61.9 Å². The Bertz CT molecular complexity index is 1530. The van der Waals surface area contributed by atoms with Crippen molar-refractivity contribution in [3.05, 3.63) is 71.9 Å². The summed E-state index contributed by atoms with van der Waals surface area (Å²) in [5, 5.41) is 15.3. The van der Waals surface area contributed by atoms with Crippen molar-refractivity contribution < 1.29 is 55.7 Å². The quantitative estimate of drug-likeness (QED) is 0.277. The Morgan fingerprint density at radius 3 is 1.96 bits per heavy atom. The number of amides is 1. The Kier molecular flexibility index (Phi) is 12.8. The molecule has 1 amide bonds. The van der Waals surface area contributed by atoms with E-state index in [0.717, 1.165) is 75.2 Å². The first-order valence-electron chi connectivity index (χ1n) is 15.1. The molecule has 0 bridgehead atoms. The zero-order valence-corrected chi connectivity index (χ0v) is 26.4. The second-order valence-electron chi connectivity index (χ2n) is 12.1. The van der Waals surface area contributed by atoms with Gasteiger partial charge < -0.3 is 19.8 Å². The standard InChI is InChI=1S/C29H35N3O2.2C2HF3O2/c1-22(2)20-34-27-10-6-4-8-24(27)19-31-16-13-29(14-17-31)15-18-32(21-29)28(33)26-12-11-23-7-3-5-9-25(23)30-26;2*3-2(4,5)1(6)7/h3-12,22H,13-21H2,1-2H3;2*(H,6,7). The van der Waals surface area contributed by atoms with Gasteiger partial charge in [-0.2, -0.15) is 26.3 Å². The van der Waals surface area contributed by atoms with Crippen LogP contribution >= 0.6 is 0 Å². The molecule has 2 aliphatic heterocycles. The third kappa shape index (κ3) is 11.1. The highest BCUT2D eigenvalue weighted by Gasteiger charge is 2.42. The number of pyridine rings is 1. The van der Waals surface area contributed by atoms with Crippen molar-refractivity contribution in [2.45, 2.75) is 52.0 Å². The molecule has 1 aromatic heterocycles. The second kappa shape index (κ2) is 16.1. The lowest BCUT2D eigenvalue weighted by Crippen LogP contribution is -2.42. The van der Waals surface area contributed by atoms with Crippen molar-refractivity contribution in [3.63, 3.8) is 0 Å². The number of carboxylic acids is 2. The molecule has 48 heavy (non-hydrogen) atoms. The van der Waals surface area contributed by atoms with E-state index in [1.165, 1.54) is 5.56 Å². The average Bonchev–Trinajstić information content (AvgIpc) is 3.44. The third-order valence-electron chi connectivity index (χ3n) is 7.88. The van der Waals surface area contributed by atoms with Gasteiger partial charge in [0.2, 0.25) is 0 Å². The Labute approximate surface area is 273 Å². The van der Waals surface area contributed by atoms with Gasteiger partial charge in [-0.3, -0.25) is 9.69 Å². The predicted octanol–water partition coefficient (Wildman–Crippen LogP) is 6.66. The number of alkyl halides is 6. The lowest BCUT2D eigenvalue weighted by Gasteiger charge is -2.39. The highest BCUT2D eigenvalue weighted by atomic mass is 19.4. The molecule has 0 unspecified atom stereocenters. The number of nitrogens with zero attached hydrogens (tertiary/aromatic N) is 3. The minimum atomic E-state index is -5.08. The first kappa shape index (κ1) is 38.1. The van der Waals surface area contributed by atoms with Crippen LogP contribution in [0.3, 0.4) is 0 Å². The summed E-state index contributed by atoms with van der Waals surface area (Å²) in [5.74, 6) is -3.92. The molecule has 1 spiro atoms. The van der Waals surface area contributed by atoms with E-state index in [2.05, 4.69) is 48.0 Å². The molecule has 5 rings (SSSR count). The fraction of sp³-hybridized carbons (Fsp3) is 0.455. The fourth-order valence-corrected chi connectivity index (χ4v) is 5.32. The van der Waals surface area contributed by atoms with Crippen LogP contribution in [0.5, 0.6) is 5.75 Å². The first-order valence-corrected chi connectivity index (χ1v) is 15.1. The maximum Gasteiger partial charge on any atom is 0.490 e. The Balaban J connectivity index is 0.000000376. The number of fused-ring (bicyclic) bond motifs is 1. The van der Waals surface area contributed by atoms with E-state index >= 15 is 0 Å². The first-order chi connectivity index (χ1) is 22.4. The number of rotatable bonds is 6. The van der Waals surface area contributed by atoms with Gasteiger partial charge in [-0.15, -0.1) is 0 Å². The highest BCUT2D eigenvalue weighted by Crippen LogP contribution is 2.41. The molecule has 0 aliphatic carbocycles. The summed E-state index contributed by atoms with van der Waals surface area (Å²) in [5.41, 5.74) is 2.96. The van der Waals surface area contributed by atoms with Crippen LogP contribution in [0.4, 0.5) is 26.3 Å². The number of aromatic nitrogens is 1. The Morgan fingerprint density at radius 2 is 1.38 bits per heavy atom. The number of ether oxygens (including phenoxy) is 1. The number of halogens is 6. The van der Waals surface area contributed by atoms with Crippen LogP contribution in [0.25, 0.3) is 10.9 Å². The van der Waals surface area contributed by atoms with Gasteiger partial charge in [-0.25, -0.2) is 14.6 Å². The SMILES string of the molecule is CC(C)COc1ccccc1CN1CCC2(CC1)CCN(C(=O)c1ccc3ccccc3n1)C2.O=C(O)C(F)(F)F.O=C(O)C(F)(F)F. The molecule has 2 saturated heterocycles. The number of carbonyl (C=O) groups excluding carboxylic acids is 1. The van der Waals surface area contributed by atoms with Gasteiger partial charge in [0.25, 0.3) is 5.91 Å². The van der Waals surface area contributed by atoms with E-state index in [1.807, 2.05) is 41.3 Å². The molecule has 0 atom stereocenters. The zero-order chi connectivity index (χ0) is 35.7. The molecular formula is C33H37F6N3O6. The summed E-state index contributed by atoms with van der Waals surface area (Å²) >= 11 is 0. The summed E-state index contributed by atoms with van der Waals surface area (Å²) in [6, 6.07) is 20.3. The van der Waals surface area contributed by atoms with Crippen molar-refractivity contribution >= 4 is 28.7 Å². The van der Waals surface area contributed by atoms with E-state index in [4.69, 9.17) is 24.5 Å². The molecule has 2 fully saturated rings.